The van der Waals surface area contributed by atoms with Gasteiger partial charge in [0.15, 0.2) is 0 Å². The van der Waals surface area contributed by atoms with Crippen molar-refractivity contribution in [1.82, 2.24) is 0 Å². The van der Waals surface area contributed by atoms with Crippen molar-refractivity contribution >= 4 is 24.4 Å². The van der Waals surface area contributed by atoms with E-state index < -0.39 is 30.0 Å². The third-order valence-corrected chi connectivity index (χ3v) is 2.02. The summed E-state index contributed by atoms with van der Waals surface area (Å²) in [5, 5.41) is 26.0. The topological polar surface area (TPSA) is 177 Å². The summed E-state index contributed by atoms with van der Waals surface area (Å²) >= 11 is 0. The number of carbonyl (C=O) groups excluding carboxylic acids is 2. The summed E-state index contributed by atoms with van der Waals surface area (Å²) < 4.78 is 9.72. The molecule has 12 nitrogen and oxygen atoms in total. The highest BCUT2D eigenvalue weighted by Gasteiger charge is 2.16. The van der Waals surface area contributed by atoms with Crippen molar-refractivity contribution in [3.05, 3.63) is 29.8 Å². The molecule has 12 heteroatoms. The Morgan fingerprint density at radius 1 is 0.889 bits per heavy atom. The molecule has 1 aromatic carbocycles. The molecule has 0 radical (unpaired) electrons. The van der Waals surface area contributed by atoms with Crippen LogP contribution in [0.3, 0.4) is 0 Å². The van der Waals surface area contributed by atoms with Gasteiger partial charge in [-0.15, -0.1) is 0 Å². The van der Waals surface area contributed by atoms with Crippen LogP contribution in [0.1, 0.15) is 26.3 Å². The summed E-state index contributed by atoms with van der Waals surface area (Å²) in [6.45, 7) is 6.92. The first-order chi connectivity index (χ1) is 12.4. The number of hydrogen-bond acceptors (Lipinski definition) is 6. The summed E-state index contributed by atoms with van der Waals surface area (Å²) in [7, 11) is 0. The van der Waals surface area contributed by atoms with E-state index >= 15 is 0 Å². The summed E-state index contributed by atoms with van der Waals surface area (Å²) in [4.78, 5) is 41.2. The molecule has 27 heavy (non-hydrogen) atoms. The second kappa shape index (κ2) is 11.0. The Morgan fingerprint density at radius 2 is 1.41 bits per heavy atom. The Labute approximate surface area is 153 Å². The molecule has 0 aliphatic carbocycles. The van der Waals surface area contributed by atoms with E-state index in [1.54, 1.807) is 39.0 Å². The van der Waals surface area contributed by atoms with Gasteiger partial charge in [0.1, 0.15) is 11.4 Å². The lowest BCUT2D eigenvalue weighted by Gasteiger charge is -2.16. The lowest BCUT2D eigenvalue weighted by atomic mass is 10.2. The molecule has 4 amide bonds. The highest BCUT2D eigenvalue weighted by Crippen LogP contribution is 2.13. The van der Waals surface area contributed by atoms with Gasteiger partial charge in [0.2, 0.25) is 0 Å². The fourth-order valence-corrected chi connectivity index (χ4v) is 1.25. The Balaban J connectivity index is 0.000000713. The van der Waals surface area contributed by atoms with Crippen molar-refractivity contribution in [3.8, 4) is 5.75 Å². The van der Waals surface area contributed by atoms with Gasteiger partial charge in [0.05, 0.1) is 0 Å². The molecule has 0 aromatic heterocycles. The van der Waals surface area contributed by atoms with Gasteiger partial charge in [-0.2, -0.15) is 0 Å². The molecular weight excluding hydrogens is 364 g/mol. The van der Waals surface area contributed by atoms with E-state index in [-0.39, 0.29) is 0 Å². The molecule has 0 unspecified atom stereocenters. The molecule has 0 fully saturated rings. The van der Waals surface area contributed by atoms with Crippen LogP contribution in [0.15, 0.2) is 44.7 Å². The van der Waals surface area contributed by atoms with Crippen molar-refractivity contribution in [2.75, 3.05) is 0 Å². The number of rotatable bonds is 1. The van der Waals surface area contributed by atoms with Crippen LogP contribution in [-0.4, -0.2) is 40.2 Å². The van der Waals surface area contributed by atoms with Crippen LogP contribution in [0.2, 0.25) is 0 Å². The Bertz CT molecular complexity index is 736. The number of carboxylic acid groups (broad SMARTS) is 2. The fraction of sp³-hybridized carbons (Fsp3) is 0.333. The van der Waals surface area contributed by atoms with E-state index in [2.05, 4.69) is 20.5 Å². The lowest BCUT2D eigenvalue weighted by molar-refractivity contribution is 0.0588. The molecule has 0 bridgehead atoms. The van der Waals surface area contributed by atoms with Crippen LogP contribution in [0.4, 0.5) is 19.2 Å². The van der Waals surface area contributed by atoms with Crippen molar-refractivity contribution < 1.29 is 38.9 Å². The molecule has 2 N–H and O–H groups in total. The molecule has 0 saturated carbocycles. The SMILES string of the molecule is Cc1cccc(OC(=O)N=NC(=O)OC(C)(C)C)c1.O=C(O)N=NC(=O)O. The van der Waals surface area contributed by atoms with Crippen molar-refractivity contribution in [2.45, 2.75) is 33.3 Å². The van der Waals surface area contributed by atoms with Crippen molar-refractivity contribution in [3.63, 3.8) is 0 Å². The van der Waals surface area contributed by atoms with Gasteiger partial charge >= 0.3 is 24.4 Å². The fourth-order valence-electron chi connectivity index (χ4n) is 1.25. The van der Waals surface area contributed by atoms with Crippen LogP contribution in [0.25, 0.3) is 0 Å². The quantitative estimate of drug-likeness (QED) is 0.657. The number of azo groups is 2. The summed E-state index contributed by atoms with van der Waals surface area (Å²) in [6.07, 6.45) is -5.15. The monoisotopic (exact) mass is 382 g/mol. The lowest BCUT2D eigenvalue weighted by Crippen LogP contribution is -2.21. The maximum Gasteiger partial charge on any atom is 0.458 e. The highest BCUT2D eigenvalue weighted by molar-refractivity contribution is 5.75. The Hall–Kier alpha value is -3.70. The normalized spacial score (nSPS) is 10.8. The van der Waals surface area contributed by atoms with Crippen molar-refractivity contribution in [2.24, 2.45) is 20.5 Å². The second-order valence-corrected chi connectivity index (χ2v) is 5.63. The van der Waals surface area contributed by atoms with Crippen LogP contribution in [-0.2, 0) is 4.74 Å². The maximum atomic E-state index is 11.3. The zero-order valence-electron chi connectivity index (χ0n) is 14.9. The number of ether oxygens (including phenoxy) is 2. The Morgan fingerprint density at radius 3 is 1.85 bits per heavy atom. The number of nitrogens with zero attached hydrogens (tertiary/aromatic N) is 4. The van der Waals surface area contributed by atoms with Gasteiger partial charge in [-0.05, 0) is 45.4 Å². The van der Waals surface area contributed by atoms with Crippen LogP contribution >= 0.6 is 0 Å². The summed E-state index contributed by atoms with van der Waals surface area (Å²) in [6, 6.07) is 6.87. The van der Waals surface area contributed by atoms with Gasteiger partial charge in [0.25, 0.3) is 0 Å². The van der Waals surface area contributed by atoms with E-state index in [0.717, 1.165) is 5.56 Å². The Kier molecular flexibility index (Phi) is 9.51. The molecule has 0 aliphatic rings. The van der Waals surface area contributed by atoms with Gasteiger partial charge < -0.3 is 19.7 Å². The molecule has 0 aliphatic heterocycles. The average Bonchev–Trinajstić information content (AvgIpc) is 2.50. The minimum Gasteiger partial charge on any atom is -0.462 e. The summed E-state index contributed by atoms with van der Waals surface area (Å²) in [5.41, 5.74) is 0.255. The first kappa shape index (κ1) is 23.3. The van der Waals surface area contributed by atoms with E-state index in [9.17, 15) is 19.2 Å². The molecule has 0 spiro atoms. The van der Waals surface area contributed by atoms with Gasteiger partial charge in [0, 0.05) is 0 Å². The van der Waals surface area contributed by atoms with Gasteiger partial charge in [-0.3, -0.25) is 0 Å². The molecular formula is C15H18N4O8. The molecule has 146 valence electrons. The van der Waals surface area contributed by atoms with E-state index in [1.165, 1.54) is 0 Å². The maximum absolute atomic E-state index is 11.3. The molecule has 0 saturated heterocycles. The second-order valence-electron chi connectivity index (χ2n) is 5.63. The van der Waals surface area contributed by atoms with E-state index in [4.69, 9.17) is 19.7 Å². The molecule has 0 heterocycles. The number of amides is 4. The standard InChI is InChI=1S/C13H16N2O4.C2H2N2O4/c1-9-6-5-7-10(8-9)18-11(16)14-15-12(17)19-13(2,3)4;5-1(6)3-4-2(7)8/h5-8H,1-4H3;(H,5,6)(H,7,8). The first-order valence-corrected chi connectivity index (χ1v) is 7.20. The van der Waals surface area contributed by atoms with E-state index in [0.29, 0.717) is 5.75 Å². The van der Waals surface area contributed by atoms with Gasteiger partial charge in [-0.25, -0.2) is 19.2 Å². The third-order valence-electron chi connectivity index (χ3n) is 2.02. The van der Waals surface area contributed by atoms with Crippen molar-refractivity contribution in [1.29, 1.82) is 0 Å². The highest BCUT2D eigenvalue weighted by atomic mass is 16.6. The minimum atomic E-state index is -1.62. The van der Waals surface area contributed by atoms with Crippen LogP contribution in [0.5, 0.6) is 5.75 Å². The zero-order valence-corrected chi connectivity index (χ0v) is 14.9. The first-order valence-electron chi connectivity index (χ1n) is 7.20. The predicted octanol–water partition coefficient (Wildman–Crippen LogP) is 4.68. The van der Waals surface area contributed by atoms with Crippen LogP contribution in [0, 0.1) is 6.92 Å². The van der Waals surface area contributed by atoms with Gasteiger partial charge in [-0.1, -0.05) is 32.6 Å². The zero-order chi connectivity index (χ0) is 21.0. The number of hydrogen-bond donors (Lipinski definition) is 2. The number of aryl methyl sites for hydroxylation is 1. The van der Waals surface area contributed by atoms with E-state index in [1.807, 2.05) is 13.0 Å². The number of carbonyl (C=O) groups is 4. The number of benzene rings is 1. The largest absolute Gasteiger partial charge is 0.462 e. The third kappa shape index (κ3) is 14.4. The average molecular weight is 382 g/mol. The molecule has 1 rings (SSSR count). The molecule has 1 aromatic rings. The molecule has 0 atom stereocenters. The minimum absolute atomic E-state index is 0.341. The smallest absolute Gasteiger partial charge is 0.458 e. The predicted molar refractivity (Wildman–Crippen MR) is 89.2 cm³/mol. The van der Waals surface area contributed by atoms with Crippen LogP contribution < -0.4 is 4.74 Å². The summed E-state index contributed by atoms with van der Waals surface area (Å²) in [5.74, 6) is 0.341.